The third-order valence-corrected chi connectivity index (χ3v) is 10.2. The number of hydrogen-bond acceptors (Lipinski definition) is 7. The second kappa shape index (κ2) is 12.9. The van der Waals surface area contributed by atoms with Crippen LogP contribution >= 0.6 is 11.8 Å². The summed E-state index contributed by atoms with van der Waals surface area (Å²) in [7, 11) is 0. The van der Waals surface area contributed by atoms with Gasteiger partial charge in [0.1, 0.15) is 0 Å². The first-order valence-electron chi connectivity index (χ1n) is 15.3. The van der Waals surface area contributed by atoms with Crippen molar-refractivity contribution < 1.29 is 19.1 Å². The van der Waals surface area contributed by atoms with Gasteiger partial charge in [0.15, 0.2) is 11.0 Å². The second-order valence-electron chi connectivity index (χ2n) is 12.3. The standard InChI is InChI=1S/C33H39N5O4S/c1-2-42-30(40)26-8-10-27(11-9-26)35-29(39)21-43-32-37-36-28(38(32)13-12-22-6-4-3-5-7-22)20-34-31(41)33-17-23-14-24(18-33)16-25(15-23)19-33/h3-11,23-25H,2,12-21H2,1H3,(H,34,41)(H,35,39). The Labute approximate surface area is 256 Å². The Bertz CT molecular complexity index is 1420. The highest BCUT2D eigenvalue weighted by molar-refractivity contribution is 7.99. The maximum absolute atomic E-state index is 13.6. The zero-order valence-electron chi connectivity index (χ0n) is 24.6. The summed E-state index contributed by atoms with van der Waals surface area (Å²) in [5.74, 6) is 2.54. The van der Waals surface area contributed by atoms with E-state index in [2.05, 4.69) is 33.0 Å². The summed E-state index contributed by atoms with van der Waals surface area (Å²) >= 11 is 1.32. The van der Waals surface area contributed by atoms with Crippen LogP contribution in [0.25, 0.3) is 0 Å². The molecule has 0 aliphatic heterocycles. The highest BCUT2D eigenvalue weighted by atomic mass is 32.2. The van der Waals surface area contributed by atoms with Crippen LogP contribution in [-0.2, 0) is 33.8 Å². The predicted octanol–water partition coefficient (Wildman–Crippen LogP) is 5.26. The molecule has 9 nitrogen and oxygen atoms in total. The molecule has 0 saturated heterocycles. The van der Waals surface area contributed by atoms with E-state index in [0.717, 1.165) is 25.7 Å². The van der Waals surface area contributed by atoms with E-state index in [-0.39, 0.29) is 23.0 Å². The number of ether oxygens (including phenoxy) is 1. The molecule has 3 aromatic rings. The van der Waals surface area contributed by atoms with Crippen molar-refractivity contribution in [3.05, 3.63) is 71.5 Å². The average Bonchev–Trinajstić information content (AvgIpc) is 3.39. The first-order chi connectivity index (χ1) is 20.9. The van der Waals surface area contributed by atoms with Crippen molar-refractivity contribution in [2.45, 2.75) is 70.1 Å². The minimum Gasteiger partial charge on any atom is -0.462 e. The van der Waals surface area contributed by atoms with E-state index in [4.69, 9.17) is 4.74 Å². The molecular formula is C33H39N5O4S. The van der Waals surface area contributed by atoms with Gasteiger partial charge in [0.05, 0.1) is 24.5 Å². The molecule has 10 heteroatoms. The monoisotopic (exact) mass is 601 g/mol. The predicted molar refractivity (Wildman–Crippen MR) is 164 cm³/mol. The van der Waals surface area contributed by atoms with Gasteiger partial charge in [0.25, 0.3) is 0 Å². The van der Waals surface area contributed by atoms with Crippen LogP contribution in [0.3, 0.4) is 0 Å². The SMILES string of the molecule is CCOC(=O)c1ccc(NC(=O)CSc2nnc(CNC(=O)C34CC5CC(CC(C5)C3)C4)n2CCc2ccccc2)cc1. The molecular weight excluding hydrogens is 562 g/mol. The molecule has 0 atom stereocenters. The number of thioether (sulfide) groups is 1. The Balaban J connectivity index is 1.09. The fraction of sp³-hybridized carbons (Fsp3) is 0.485. The van der Waals surface area contributed by atoms with Crippen LogP contribution in [-0.4, -0.2) is 44.9 Å². The third-order valence-electron chi connectivity index (χ3n) is 9.20. The van der Waals surface area contributed by atoms with Crippen LogP contribution in [0, 0.1) is 23.2 Å². The Morgan fingerprint density at radius 2 is 1.63 bits per heavy atom. The number of carbonyl (C=O) groups is 3. The molecule has 0 unspecified atom stereocenters. The highest BCUT2D eigenvalue weighted by Gasteiger charge is 2.54. The average molecular weight is 602 g/mol. The van der Waals surface area contributed by atoms with Crippen molar-refractivity contribution >= 4 is 35.2 Å². The maximum Gasteiger partial charge on any atom is 0.338 e. The van der Waals surface area contributed by atoms with E-state index >= 15 is 0 Å². The molecule has 4 aliphatic carbocycles. The molecule has 4 aliphatic rings. The Morgan fingerprint density at radius 3 is 2.28 bits per heavy atom. The number of nitrogens with zero attached hydrogens (tertiary/aromatic N) is 3. The van der Waals surface area contributed by atoms with Crippen molar-refractivity contribution in [3.8, 4) is 0 Å². The van der Waals surface area contributed by atoms with Crippen LogP contribution < -0.4 is 10.6 Å². The van der Waals surface area contributed by atoms with Crippen molar-refractivity contribution in [1.82, 2.24) is 20.1 Å². The van der Waals surface area contributed by atoms with Crippen molar-refractivity contribution in [2.24, 2.45) is 23.2 Å². The number of benzene rings is 2. The highest BCUT2D eigenvalue weighted by Crippen LogP contribution is 2.60. The number of aromatic nitrogens is 3. The fourth-order valence-corrected chi connectivity index (χ4v) is 8.42. The quantitative estimate of drug-likeness (QED) is 0.215. The van der Waals surface area contributed by atoms with E-state index in [1.165, 1.54) is 36.6 Å². The largest absolute Gasteiger partial charge is 0.462 e. The molecule has 2 aromatic carbocycles. The minimum atomic E-state index is -0.393. The molecule has 0 spiro atoms. The van der Waals surface area contributed by atoms with Crippen LogP contribution in [0.4, 0.5) is 5.69 Å². The van der Waals surface area contributed by atoms with Crippen molar-refractivity contribution in [3.63, 3.8) is 0 Å². The number of carbonyl (C=O) groups excluding carboxylic acids is 3. The van der Waals surface area contributed by atoms with Gasteiger partial charge in [-0.15, -0.1) is 10.2 Å². The van der Waals surface area contributed by atoms with Crippen molar-refractivity contribution in [2.75, 3.05) is 17.7 Å². The van der Waals surface area contributed by atoms with Gasteiger partial charge in [0, 0.05) is 17.6 Å². The molecule has 4 fully saturated rings. The molecule has 4 bridgehead atoms. The maximum atomic E-state index is 13.6. The lowest BCUT2D eigenvalue weighted by molar-refractivity contribution is -0.146. The van der Waals surface area contributed by atoms with Crippen LogP contribution in [0.5, 0.6) is 0 Å². The van der Waals surface area contributed by atoms with Gasteiger partial charge in [-0.05, 0) is 99.5 Å². The van der Waals surface area contributed by atoms with Crippen molar-refractivity contribution in [1.29, 1.82) is 0 Å². The van der Waals surface area contributed by atoms with Gasteiger partial charge < -0.3 is 19.9 Å². The fourth-order valence-electron chi connectivity index (χ4n) is 7.63. The summed E-state index contributed by atoms with van der Waals surface area (Å²) in [5, 5.41) is 15.6. The summed E-state index contributed by atoms with van der Waals surface area (Å²) < 4.78 is 7.04. The van der Waals surface area contributed by atoms with Crippen LogP contribution in [0.2, 0.25) is 0 Å². The smallest absolute Gasteiger partial charge is 0.338 e. The first-order valence-corrected chi connectivity index (χ1v) is 16.3. The van der Waals surface area contributed by atoms with E-state index in [9.17, 15) is 14.4 Å². The number of anilines is 1. The van der Waals surface area contributed by atoms with E-state index in [1.807, 2.05) is 22.8 Å². The molecule has 4 saturated carbocycles. The van der Waals surface area contributed by atoms with E-state index in [1.54, 1.807) is 31.2 Å². The number of rotatable bonds is 12. The van der Waals surface area contributed by atoms with Gasteiger partial charge in [-0.1, -0.05) is 42.1 Å². The normalized spacial score (nSPS) is 23.6. The number of esters is 1. The van der Waals surface area contributed by atoms with Gasteiger partial charge in [-0.3, -0.25) is 9.59 Å². The number of aryl methyl sites for hydroxylation is 1. The van der Waals surface area contributed by atoms with Gasteiger partial charge in [-0.25, -0.2) is 4.79 Å². The van der Waals surface area contributed by atoms with Crippen LogP contribution in [0.15, 0.2) is 59.8 Å². The van der Waals surface area contributed by atoms with E-state index < -0.39 is 5.97 Å². The lowest BCUT2D eigenvalue weighted by atomic mass is 9.49. The second-order valence-corrected chi connectivity index (χ2v) is 13.2. The Morgan fingerprint density at radius 1 is 0.953 bits per heavy atom. The lowest BCUT2D eigenvalue weighted by Gasteiger charge is -2.55. The molecule has 0 radical (unpaired) electrons. The molecule has 7 rings (SSSR count). The Kier molecular flexibility index (Phi) is 8.83. The summed E-state index contributed by atoms with van der Waals surface area (Å²) in [6, 6.07) is 16.8. The molecule has 1 heterocycles. The van der Waals surface area contributed by atoms with Gasteiger partial charge in [0.2, 0.25) is 11.8 Å². The summed E-state index contributed by atoms with van der Waals surface area (Å²) in [6.45, 7) is 3.02. The summed E-state index contributed by atoms with van der Waals surface area (Å²) in [4.78, 5) is 38.3. The number of hydrogen-bond donors (Lipinski definition) is 2. The molecule has 226 valence electrons. The molecule has 2 amide bonds. The summed E-state index contributed by atoms with van der Waals surface area (Å²) in [6.07, 6.45) is 7.74. The minimum absolute atomic E-state index is 0.142. The molecule has 2 N–H and O–H groups in total. The molecule has 43 heavy (non-hydrogen) atoms. The lowest BCUT2D eigenvalue weighted by Crippen LogP contribution is -2.53. The zero-order chi connectivity index (χ0) is 29.8. The topological polar surface area (TPSA) is 115 Å². The van der Waals surface area contributed by atoms with Gasteiger partial charge in [-0.2, -0.15) is 0 Å². The third kappa shape index (κ3) is 6.79. The van der Waals surface area contributed by atoms with Gasteiger partial charge >= 0.3 is 5.97 Å². The molecule has 1 aromatic heterocycles. The first kappa shape index (κ1) is 29.4. The zero-order valence-corrected chi connectivity index (χ0v) is 25.4. The van der Waals surface area contributed by atoms with E-state index in [0.29, 0.717) is 59.7 Å². The Hall–Kier alpha value is -3.66. The summed E-state index contributed by atoms with van der Waals surface area (Å²) in [5.41, 5.74) is 2.01. The van der Waals surface area contributed by atoms with Crippen LogP contribution in [0.1, 0.15) is 67.2 Å². The number of amides is 2. The number of nitrogens with one attached hydrogen (secondary N) is 2.